The highest BCUT2D eigenvalue weighted by Crippen LogP contribution is 2.47. The molecule has 0 aromatic heterocycles. The summed E-state index contributed by atoms with van der Waals surface area (Å²) < 4.78 is -0.397. The summed E-state index contributed by atoms with van der Waals surface area (Å²) in [5.74, 6) is 0. The third kappa shape index (κ3) is 2.01. The third-order valence-electron chi connectivity index (χ3n) is 2.73. The topological polar surface area (TPSA) is 44.0 Å². The summed E-state index contributed by atoms with van der Waals surface area (Å²) in [4.78, 5) is 1.14. The molecule has 0 aliphatic heterocycles. The van der Waals surface area contributed by atoms with E-state index < -0.39 is 4.75 Å². The quantitative estimate of drug-likeness (QED) is 0.831. The van der Waals surface area contributed by atoms with Crippen LogP contribution in [0.4, 0.5) is 0 Å². The van der Waals surface area contributed by atoms with Crippen molar-refractivity contribution in [2.24, 2.45) is 0 Å². The molecule has 1 aromatic carbocycles. The molecule has 1 saturated carbocycles. The average Bonchev–Trinajstić information content (AvgIpc) is 2.18. The first-order chi connectivity index (χ1) is 7.15. The third-order valence-corrected chi connectivity index (χ3v) is 4.23. The minimum absolute atomic E-state index is 0.291. The highest BCUT2D eigenvalue weighted by molar-refractivity contribution is 8.01. The Balaban J connectivity index is 2.16. The van der Waals surface area contributed by atoms with Crippen molar-refractivity contribution in [1.82, 2.24) is 0 Å². The average molecular weight is 219 g/mol. The molecule has 0 spiro atoms. The predicted molar refractivity (Wildman–Crippen MR) is 60.6 cm³/mol. The first-order valence-corrected chi connectivity index (χ1v) is 5.81. The molecule has 1 N–H and O–H groups in total. The lowest BCUT2D eigenvalue weighted by Gasteiger charge is -2.39. The van der Waals surface area contributed by atoms with E-state index in [0.29, 0.717) is 12.8 Å². The second-order valence-electron chi connectivity index (χ2n) is 4.04. The minimum Gasteiger partial charge on any atom is -0.393 e. The molecule has 0 unspecified atom stereocenters. The minimum atomic E-state index is -0.397. The van der Waals surface area contributed by atoms with E-state index in [1.165, 1.54) is 5.56 Å². The number of benzene rings is 1. The highest BCUT2D eigenvalue weighted by atomic mass is 32.2. The van der Waals surface area contributed by atoms with Gasteiger partial charge in [-0.3, -0.25) is 0 Å². The Kier molecular flexibility index (Phi) is 2.72. The number of hydrogen-bond acceptors (Lipinski definition) is 3. The van der Waals surface area contributed by atoms with Gasteiger partial charge in [0.25, 0.3) is 0 Å². The van der Waals surface area contributed by atoms with Crippen LogP contribution in [-0.2, 0) is 0 Å². The molecule has 0 heterocycles. The number of thioether (sulfide) groups is 1. The number of nitrogens with zero attached hydrogens (tertiary/aromatic N) is 1. The van der Waals surface area contributed by atoms with Gasteiger partial charge in [-0.25, -0.2) is 0 Å². The van der Waals surface area contributed by atoms with Crippen LogP contribution in [0.3, 0.4) is 0 Å². The summed E-state index contributed by atoms with van der Waals surface area (Å²) in [5.41, 5.74) is 1.19. The zero-order valence-corrected chi connectivity index (χ0v) is 9.42. The van der Waals surface area contributed by atoms with Gasteiger partial charge in [-0.05, 0) is 18.6 Å². The number of aryl methyl sites for hydroxylation is 1. The van der Waals surface area contributed by atoms with Crippen LogP contribution in [0.15, 0.2) is 29.2 Å². The van der Waals surface area contributed by atoms with Crippen molar-refractivity contribution in [3.05, 3.63) is 29.8 Å². The standard InChI is InChI=1S/C12H13NOS/c1-9-4-2-3-5-11(9)15-12(8-13)6-10(14)7-12/h2-5,10,14H,6-7H2,1H3. The lowest BCUT2D eigenvalue weighted by molar-refractivity contribution is 0.0803. The van der Waals surface area contributed by atoms with Crippen molar-refractivity contribution in [3.63, 3.8) is 0 Å². The molecule has 0 amide bonds. The molecule has 0 atom stereocenters. The van der Waals surface area contributed by atoms with E-state index in [9.17, 15) is 5.11 Å². The summed E-state index contributed by atoms with van der Waals surface area (Å²) in [6.45, 7) is 2.04. The van der Waals surface area contributed by atoms with E-state index in [1.54, 1.807) is 11.8 Å². The Bertz CT molecular complexity index is 404. The molecule has 0 bridgehead atoms. The summed E-state index contributed by atoms with van der Waals surface area (Å²) in [6.07, 6.45) is 0.881. The molecule has 0 radical (unpaired) electrons. The van der Waals surface area contributed by atoms with E-state index in [0.717, 1.165) is 4.90 Å². The monoisotopic (exact) mass is 219 g/mol. The highest BCUT2D eigenvalue weighted by Gasteiger charge is 2.45. The fourth-order valence-corrected chi connectivity index (χ4v) is 3.17. The number of nitriles is 1. The largest absolute Gasteiger partial charge is 0.393 e. The van der Waals surface area contributed by atoms with Gasteiger partial charge >= 0.3 is 0 Å². The summed E-state index contributed by atoms with van der Waals surface area (Å²) in [5, 5.41) is 18.4. The van der Waals surface area contributed by atoms with Crippen LogP contribution in [0.2, 0.25) is 0 Å². The zero-order valence-electron chi connectivity index (χ0n) is 8.60. The van der Waals surface area contributed by atoms with Crippen LogP contribution >= 0.6 is 11.8 Å². The molecule has 1 aromatic rings. The van der Waals surface area contributed by atoms with Crippen LogP contribution in [-0.4, -0.2) is 16.0 Å². The van der Waals surface area contributed by atoms with Gasteiger partial charge in [-0.15, -0.1) is 11.8 Å². The van der Waals surface area contributed by atoms with Gasteiger partial charge in [0.05, 0.1) is 12.2 Å². The van der Waals surface area contributed by atoms with Gasteiger partial charge < -0.3 is 5.11 Å². The maximum Gasteiger partial charge on any atom is 0.112 e. The van der Waals surface area contributed by atoms with Gasteiger partial charge in [0.1, 0.15) is 4.75 Å². The fourth-order valence-electron chi connectivity index (χ4n) is 1.78. The SMILES string of the molecule is Cc1ccccc1SC1(C#N)CC(O)C1. The van der Waals surface area contributed by atoms with Crippen molar-refractivity contribution in [2.45, 2.75) is 35.5 Å². The van der Waals surface area contributed by atoms with Crippen LogP contribution in [0.25, 0.3) is 0 Å². The lowest BCUT2D eigenvalue weighted by Crippen LogP contribution is -2.43. The van der Waals surface area contributed by atoms with E-state index in [2.05, 4.69) is 6.07 Å². The summed E-state index contributed by atoms with van der Waals surface area (Å²) in [7, 11) is 0. The van der Waals surface area contributed by atoms with E-state index in [1.807, 2.05) is 31.2 Å². The molecule has 78 valence electrons. The number of hydrogen-bond donors (Lipinski definition) is 1. The van der Waals surface area contributed by atoms with E-state index >= 15 is 0 Å². The fraction of sp³-hybridized carbons (Fsp3) is 0.417. The molecule has 2 rings (SSSR count). The smallest absolute Gasteiger partial charge is 0.112 e. The van der Waals surface area contributed by atoms with Crippen molar-refractivity contribution in [1.29, 1.82) is 5.26 Å². The number of aliphatic hydroxyl groups excluding tert-OH is 1. The normalized spacial score (nSPS) is 29.3. The van der Waals surface area contributed by atoms with Crippen LogP contribution in [0.5, 0.6) is 0 Å². The molecule has 15 heavy (non-hydrogen) atoms. The first kappa shape index (κ1) is 10.5. The van der Waals surface area contributed by atoms with E-state index in [4.69, 9.17) is 5.26 Å². The van der Waals surface area contributed by atoms with Crippen LogP contribution in [0.1, 0.15) is 18.4 Å². The maximum atomic E-state index is 9.30. The second kappa shape index (κ2) is 3.88. The Morgan fingerprint density at radius 2 is 2.13 bits per heavy atom. The molecule has 1 fully saturated rings. The van der Waals surface area contributed by atoms with Gasteiger partial charge in [-0.1, -0.05) is 18.2 Å². The zero-order chi connectivity index (χ0) is 10.9. The second-order valence-corrected chi connectivity index (χ2v) is 5.46. The van der Waals surface area contributed by atoms with Gasteiger partial charge in [0.2, 0.25) is 0 Å². The molecule has 2 nitrogen and oxygen atoms in total. The molecular formula is C12H13NOS. The summed E-state index contributed by atoms with van der Waals surface area (Å²) >= 11 is 1.59. The molecule has 1 aliphatic carbocycles. The lowest BCUT2D eigenvalue weighted by atomic mass is 9.82. The first-order valence-electron chi connectivity index (χ1n) is 4.99. The maximum absolute atomic E-state index is 9.30. The Hall–Kier alpha value is -0.980. The Morgan fingerprint density at radius 1 is 1.47 bits per heavy atom. The number of aliphatic hydroxyl groups is 1. The molecule has 0 saturated heterocycles. The predicted octanol–water partition coefficient (Wildman–Crippen LogP) is 2.50. The van der Waals surface area contributed by atoms with Gasteiger partial charge in [0.15, 0.2) is 0 Å². The van der Waals surface area contributed by atoms with Gasteiger partial charge in [-0.2, -0.15) is 5.26 Å². The molecule has 3 heteroatoms. The van der Waals surface area contributed by atoms with Crippen molar-refractivity contribution < 1.29 is 5.11 Å². The summed E-state index contributed by atoms with van der Waals surface area (Å²) in [6, 6.07) is 10.4. The molecular weight excluding hydrogens is 206 g/mol. The van der Waals surface area contributed by atoms with E-state index in [-0.39, 0.29) is 6.10 Å². The van der Waals surface area contributed by atoms with Crippen LogP contribution < -0.4 is 0 Å². The Morgan fingerprint density at radius 3 is 2.67 bits per heavy atom. The van der Waals surface area contributed by atoms with Gasteiger partial charge in [0, 0.05) is 17.7 Å². The number of rotatable bonds is 2. The van der Waals surface area contributed by atoms with Crippen molar-refractivity contribution >= 4 is 11.8 Å². The van der Waals surface area contributed by atoms with Crippen molar-refractivity contribution in [2.75, 3.05) is 0 Å². The van der Waals surface area contributed by atoms with Crippen LogP contribution in [0, 0.1) is 18.3 Å². The molecule has 1 aliphatic rings. The van der Waals surface area contributed by atoms with Crippen molar-refractivity contribution in [3.8, 4) is 6.07 Å². The Labute approximate surface area is 93.9 Å².